The first-order valence-electron chi connectivity index (χ1n) is 31.1. The van der Waals surface area contributed by atoms with E-state index in [9.17, 15) is 0 Å². The predicted molar refractivity (Wildman–Crippen MR) is 385 cm³/mol. The van der Waals surface area contributed by atoms with Crippen LogP contribution in [0.15, 0.2) is 224 Å². The van der Waals surface area contributed by atoms with E-state index in [1.807, 2.05) is 0 Å². The van der Waals surface area contributed by atoms with Gasteiger partial charge in [-0.1, -0.05) is 269 Å². The number of nitrogens with zero attached hydrogens (tertiary/aromatic N) is 1. The number of hydrogen-bond acceptors (Lipinski definition) is 1. The molecule has 0 fully saturated rings. The summed E-state index contributed by atoms with van der Waals surface area (Å²) in [5, 5.41) is 4.17. The number of anilines is 3. The van der Waals surface area contributed by atoms with Crippen LogP contribution >= 0.6 is 0 Å². The summed E-state index contributed by atoms with van der Waals surface area (Å²) in [6.45, 7) is 27.1. The van der Waals surface area contributed by atoms with Gasteiger partial charge in [0.1, 0.15) is 0 Å². The summed E-state index contributed by atoms with van der Waals surface area (Å²) < 4.78 is 0. The lowest BCUT2D eigenvalue weighted by atomic mass is 9.34. The first-order chi connectivity index (χ1) is 43.1. The predicted octanol–water partition coefficient (Wildman–Crippen LogP) is 16.4. The highest BCUT2D eigenvalue weighted by Gasteiger charge is 2.30. The summed E-state index contributed by atoms with van der Waals surface area (Å²) >= 11 is 0. The van der Waals surface area contributed by atoms with E-state index in [1.54, 1.807) is 0 Å². The van der Waals surface area contributed by atoms with Gasteiger partial charge in [-0.2, -0.15) is 0 Å². The fourth-order valence-corrected chi connectivity index (χ4v) is 14.3. The Morgan fingerprint density at radius 3 is 0.865 bits per heavy atom. The van der Waals surface area contributed by atoms with E-state index in [-0.39, 0.29) is 13.4 Å². The van der Waals surface area contributed by atoms with Crippen LogP contribution in [-0.2, 0) is 0 Å². The highest BCUT2D eigenvalue weighted by molar-refractivity contribution is 6.97. The van der Waals surface area contributed by atoms with Gasteiger partial charge >= 0.3 is 0 Å². The van der Waals surface area contributed by atoms with Gasteiger partial charge in [-0.05, 0) is 196 Å². The van der Waals surface area contributed by atoms with E-state index in [0.717, 1.165) is 72.0 Å². The molecule has 0 atom stereocenters. The van der Waals surface area contributed by atoms with Crippen LogP contribution in [-0.4, -0.2) is 13.4 Å². The summed E-state index contributed by atoms with van der Waals surface area (Å²) in [4.78, 5) is 2.27. The molecule has 0 unspecified atom stereocenters. The van der Waals surface area contributed by atoms with Crippen molar-refractivity contribution >= 4 is 84.8 Å². The van der Waals surface area contributed by atoms with E-state index in [2.05, 4.69) is 348 Å². The molecule has 0 heterocycles. The number of rotatable bonds is 9. The lowest BCUT2D eigenvalue weighted by Gasteiger charge is -2.25. The number of para-hydroxylation sites is 2. The van der Waals surface area contributed by atoms with Crippen molar-refractivity contribution in [3.8, 4) is 35.5 Å². The fourth-order valence-electron chi connectivity index (χ4n) is 14.3. The van der Waals surface area contributed by atoms with Crippen LogP contribution in [0.3, 0.4) is 0 Å². The summed E-state index contributed by atoms with van der Waals surface area (Å²) in [5.41, 5.74) is 32.6. The number of aryl methyl sites for hydroxylation is 12. The molecule has 1 nitrogen and oxygen atoms in total. The van der Waals surface area contributed by atoms with Crippen LogP contribution in [0.2, 0.25) is 0 Å². The Morgan fingerprint density at radius 2 is 0.539 bits per heavy atom. The minimum absolute atomic E-state index is 0.0831. The first kappa shape index (κ1) is 59.1. The van der Waals surface area contributed by atoms with Crippen molar-refractivity contribution in [2.75, 3.05) is 4.90 Å². The monoisotopic (exact) mass is 1140 g/mol. The number of benzene rings is 12. The zero-order valence-corrected chi connectivity index (χ0v) is 53.5. The number of fused-ring (bicyclic) bond motifs is 2. The molecule has 0 aliphatic rings. The average Bonchev–Trinajstić information content (AvgIpc) is 0.966. The Hall–Kier alpha value is -10.2. The van der Waals surface area contributed by atoms with Crippen molar-refractivity contribution < 1.29 is 0 Å². The maximum atomic E-state index is 3.73. The molecule has 0 radical (unpaired) electrons. The van der Waals surface area contributed by atoms with Gasteiger partial charge in [0.05, 0.1) is 0 Å². The SMILES string of the molecule is Cc1cc(C)c(B(c2ccc(C#Cc3cccc4c(C#Cc5ccc(N(c6ccccc6)c6ccccc6)cc5)c5cccc(C#Cc6ccc(B(c7c(C)cc(C)cc7C)c7c(C)cc(C)cc7C)cc6)c5cc34)cc2)c2c(C)cc(C)cc2C)c(C)c1. The van der Waals surface area contributed by atoms with E-state index in [1.165, 1.54) is 99.5 Å². The third kappa shape index (κ3) is 12.3. The van der Waals surface area contributed by atoms with Crippen LogP contribution in [0.25, 0.3) is 21.5 Å². The standard InChI is InChI=1S/C86H73B2N/c1-56-47-60(5)83(61(6)48-56)87(84-62(7)49-57(2)50-63(84)8)73-40-31-68(32-41-73)29-38-71-21-19-27-78-80(46-37-70-35-44-77(45-36-70)89(75-23-15-13-16-24-75)76-25-17-14-18-26-76)79-28-20-22-72(82(79)55-81(71)78)39-30-69-33-42-74(43-34-69)88(85-64(9)51-58(3)52-65(85)10)86-66(11)53-59(4)54-67(86)12/h13-28,31-36,40-45,47-55H,1-12H3. The zero-order valence-electron chi connectivity index (χ0n) is 53.5. The van der Waals surface area contributed by atoms with Crippen LogP contribution in [0.4, 0.5) is 17.1 Å². The average molecular weight is 1140 g/mol. The topological polar surface area (TPSA) is 3.24 Å². The normalized spacial score (nSPS) is 10.9. The molecular formula is C86H73B2N. The molecule has 0 aromatic heterocycles. The third-order valence-electron chi connectivity index (χ3n) is 17.8. The van der Waals surface area contributed by atoms with Crippen molar-refractivity contribution in [1.29, 1.82) is 0 Å². The second-order valence-corrected chi connectivity index (χ2v) is 24.7. The minimum Gasteiger partial charge on any atom is -0.311 e. The molecule has 428 valence electrons. The number of hydrogen-bond donors (Lipinski definition) is 0. The fraction of sp³-hybridized carbons (Fsp3) is 0.140. The second-order valence-electron chi connectivity index (χ2n) is 24.7. The highest BCUT2D eigenvalue weighted by atomic mass is 15.1. The molecule has 0 amide bonds. The van der Waals surface area contributed by atoms with Crippen molar-refractivity contribution in [3.63, 3.8) is 0 Å². The van der Waals surface area contributed by atoms with E-state index in [4.69, 9.17) is 0 Å². The molecule has 12 rings (SSSR count). The van der Waals surface area contributed by atoms with Gasteiger partial charge in [0.25, 0.3) is 0 Å². The summed E-state index contributed by atoms with van der Waals surface area (Å²) in [6, 6.07) is 81.4. The highest BCUT2D eigenvalue weighted by Crippen LogP contribution is 2.35. The summed E-state index contributed by atoms with van der Waals surface area (Å²) in [5.74, 6) is 21.9. The minimum atomic E-state index is 0.0831. The van der Waals surface area contributed by atoms with Gasteiger partial charge in [-0.3, -0.25) is 0 Å². The third-order valence-corrected chi connectivity index (χ3v) is 17.8. The molecule has 0 saturated carbocycles. The van der Waals surface area contributed by atoms with Crippen molar-refractivity contribution in [1.82, 2.24) is 0 Å². The van der Waals surface area contributed by atoms with Crippen molar-refractivity contribution in [3.05, 3.63) is 325 Å². The van der Waals surface area contributed by atoms with Crippen LogP contribution in [0.5, 0.6) is 0 Å². The summed E-state index contributed by atoms with van der Waals surface area (Å²) in [7, 11) is 0. The smallest absolute Gasteiger partial charge is 0.242 e. The lowest BCUT2D eigenvalue weighted by molar-refractivity contribution is 1.28. The van der Waals surface area contributed by atoms with Gasteiger partial charge in [0.2, 0.25) is 13.4 Å². The zero-order chi connectivity index (χ0) is 62.0. The van der Waals surface area contributed by atoms with Gasteiger partial charge in [-0.25, -0.2) is 0 Å². The van der Waals surface area contributed by atoms with E-state index < -0.39 is 0 Å². The van der Waals surface area contributed by atoms with Crippen LogP contribution in [0.1, 0.15) is 100 Å². The molecule has 0 aliphatic carbocycles. The van der Waals surface area contributed by atoms with Gasteiger partial charge in [0.15, 0.2) is 0 Å². The molecule has 0 bridgehead atoms. The maximum absolute atomic E-state index is 3.73. The molecule has 0 saturated heterocycles. The first-order valence-corrected chi connectivity index (χ1v) is 31.1. The maximum Gasteiger partial charge on any atom is 0.242 e. The van der Waals surface area contributed by atoms with Crippen molar-refractivity contribution in [2.24, 2.45) is 0 Å². The second kappa shape index (κ2) is 25.2. The Kier molecular flexibility index (Phi) is 16.8. The van der Waals surface area contributed by atoms with E-state index in [0.29, 0.717) is 0 Å². The van der Waals surface area contributed by atoms with Crippen LogP contribution in [0, 0.1) is 119 Å². The van der Waals surface area contributed by atoms with Gasteiger partial charge in [-0.15, -0.1) is 0 Å². The van der Waals surface area contributed by atoms with Gasteiger partial charge < -0.3 is 4.90 Å². The molecule has 0 N–H and O–H groups in total. The van der Waals surface area contributed by atoms with Gasteiger partial charge in [0, 0.05) is 50.4 Å². The molecule has 0 aliphatic heterocycles. The molecule has 12 aromatic rings. The molecule has 3 heteroatoms. The van der Waals surface area contributed by atoms with Crippen LogP contribution < -0.4 is 37.7 Å². The lowest BCUT2D eigenvalue weighted by Crippen LogP contribution is -2.55. The molecule has 12 aromatic carbocycles. The van der Waals surface area contributed by atoms with Crippen molar-refractivity contribution in [2.45, 2.75) is 83.1 Å². The molecule has 89 heavy (non-hydrogen) atoms. The van der Waals surface area contributed by atoms with E-state index >= 15 is 0 Å². The Bertz CT molecular complexity index is 4420. The Morgan fingerprint density at radius 1 is 0.247 bits per heavy atom. The molecular weight excluding hydrogens is 1070 g/mol. The summed E-state index contributed by atoms with van der Waals surface area (Å²) in [6.07, 6.45) is 0. The quantitative estimate of drug-likeness (QED) is 0.0791. The Balaban J connectivity index is 0.956. The molecule has 0 spiro atoms. The Labute approximate surface area is 529 Å². The largest absolute Gasteiger partial charge is 0.311 e.